The summed E-state index contributed by atoms with van der Waals surface area (Å²) in [5, 5.41) is 8.15. The monoisotopic (exact) mass is 495 g/mol. The summed E-state index contributed by atoms with van der Waals surface area (Å²) in [4.78, 5) is 22.3. The largest absolute Gasteiger partial charge is 0.493 e. The number of pyridine rings is 2. The molecular formula is C28H25N5O4. The maximum Gasteiger partial charge on any atom is 0.257 e. The fourth-order valence-corrected chi connectivity index (χ4v) is 4.12. The Bertz CT molecular complexity index is 1540. The summed E-state index contributed by atoms with van der Waals surface area (Å²) in [5.41, 5.74) is 3.52. The van der Waals surface area contributed by atoms with Crippen LogP contribution in [-0.2, 0) is 6.54 Å². The van der Waals surface area contributed by atoms with Crippen molar-refractivity contribution in [1.82, 2.24) is 19.7 Å². The Morgan fingerprint density at radius 3 is 2.35 bits per heavy atom. The molecule has 9 nitrogen and oxygen atoms in total. The van der Waals surface area contributed by atoms with Gasteiger partial charge in [-0.15, -0.1) is 0 Å². The number of rotatable bonds is 8. The number of hydrogen-bond donors (Lipinski definition) is 1. The third-order valence-electron chi connectivity index (χ3n) is 5.90. The summed E-state index contributed by atoms with van der Waals surface area (Å²) in [6.07, 6.45) is 5.30. The molecule has 0 bridgehead atoms. The van der Waals surface area contributed by atoms with Gasteiger partial charge in [-0.3, -0.25) is 14.5 Å². The number of nitrogens with zero attached hydrogens (tertiary/aromatic N) is 4. The Balaban J connectivity index is 1.50. The number of carbonyl (C=O) groups is 1. The molecule has 37 heavy (non-hydrogen) atoms. The Morgan fingerprint density at radius 2 is 1.65 bits per heavy atom. The van der Waals surface area contributed by atoms with Crippen molar-refractivity contribution in [1.29, 1.82) is 0 Å². The first-order chi connectivity index (χ1) is 18.1. The normalized spacial score (nSPS) is 10.8. The van der Waals surface area contributed by atoms with E-state index in [2.05, 4.69) is 15.4 Å². The molecule has 1 amide bonds. The van der Waals surface area contributed by atoms with E-state index in [0.717, 1.165) is 16.5 Å². The quantitative estimate of drug-likeness (QED) is 0.329. The molecular weight excluding hydrogens is 470 g/mol. The number of nitrogens with one attached hydrogen (secondary N) is 1. The van der Waals surface area contributed by atoms with Crippen molar-refractivity contribution in [2.75, 3.05) is 26.6 Å². The molecule has 0 unspecified atom stereocenters. The number of benzene rings is 2. The SMILES string of the molecule is COc1cc(-c2cc(C(=O)Nc3ccn(Cc4ccncc4)n3)c3ccccc3n2)cc(OC)c1OC. The molecule has 0 radical (unpaired) electrons. The lowest BCUT2D eigenvalue weighted by Crippen LogP contribution is -2.14. The second-order valence-corrected chi connectivity index (χ2v) is 8.19. The first kappa shape index (κ1) is 23.8. The molecule has 3 heterocycles. The van der Waals surface area contributed by atoms with Crippen LogP contribution in [0.25, 0.3) is 22.2 Å². The smallest absolute Gasteiger partial charge is 0.257 e. The summed E-state index contributed by atoms with van der Waals surface area (Å²) >= 11 is 0. The summed E-state index contributed by atoms with van der Waals surface area (Å²) in [5.74, 6) is 1.64. The van der Waals surface area contributed by atoms with Crippen LogP contribution in [0.5, 0.6) is 17.2 Å². The van der Waals surface area contributed by atoms with Gasteiger partial charge in [0, 0.05) is 35.6 Å². The van der Waals surface area contributed by atoms with Gasteiger partial charge in [0.1, 0.15) is 0 Å². The zero-order chi connectivity index (χ0) is 25.8. The van der Waals surface area contributed by atoms with Crippen molar-refractivity contribution in [3.8, 4) is 28.5 Å². The molecule has 2 aromatic carbocycles. The Kier molecular flexibility index (Phi) is 6.67. The lowest BCUT2D eigenvalue weighted by molar-refractivity contribution is 0.102. The number of amides is 1. The maximum absolute atomic E-state index is 13.5. The molecule has 0 fully saturated rings. The van der Waals surface area contributed by atoms with Crippen molar-refractivity contribution in [2.24, 2.45) is 0 Å². The molecule has 0 spiro atoms. The number of aromatic nitrogens is 4. The van der Waals surface area contributed by atoms with Gasteiger partial charge in [-0.1, -0.05) is 18.2 Å². The number of anilines is 1. The molecule has 0 aliphatic rings. The molecule has 3 aromatic heterocycles. The van der Waals surface area contributed by atoms with E-state index in [9.17, 15) is 4.79 Å². The molecule has 9 heteroatoms. The van der Waals surface area contributed by atoms with E-state index in [1.165, 1.54) is 0 Å². The predicted molar refractivity (Wildman–Crippen MR) is 140 cm³/mol. The molecule has 0 aliphatic heterocycles. The van der Waals surface area contributed by atoms with Crippen molar-refractivity contribution in [3.05, 3.63) is 90.4 Å². The van der Waals surface area contributed by atoms with Gasteiger partial charge in [0.05, 0.1) is 44.6 Å². The number of para-hydroxylation sites is 1. The molecule has 0 saturated carbocycles. The molecule has 5 aromatic rings. The standard InChI is InChI=1S/C28H25N5O4/c1-35-24-14-19(15-25(36-2)27(24)37-3)23-16-21(20-6-4-5-7-22(20)30-23)28(34)31-26-10-13-33(32-26)17-18-8-11-29-12-9-18/h4-16H,17H2,1-3H3,(H,31,32,34). The highest BCUT2D eigenvalue weighted by Crippen LogP contribution is 2.41. The van der Waals surface area contributed by atoms with Crippen molar-refractivity contribution < 1.29 is 19.0 Å². The fraction of sp³-hybridized carbons (Fsp3) is 0.143. The van der Waals surface area contributed by atoms with E-state index in [4.69, 9.17) is 19.2 Å². The summed E-state index contributed by atoms with van der Waals surface area (Å²) < 4.78 is 18.2. The summed E-state index contributed by atoms with van der Waals surface area (Å²) in [6, 6.07) is 18.5. The van der Waals surface area contributed by atoms with Crippen LogP contribution in [0.3, 0.4) is 0 Å². The highest BCUT2D eigenvalue weighted by atomic mass is 16.5. The topological polar surface area (TPSA) is 100 Å². The van der Waals surface area contributed by atoms with Gasteiger partial charge in [0.15, 0.2) is 17.3 Å². The van der Waals surface area contributed by atoms with Gasteiger partial charge in [0.2, 0.25) is 5.75 Å². The average Bonchev–Trinajstić information content (AvgIpc) is 3.38. The van der Waals surface area contributed by atoms with Crippen LogP contribution in [0, 0.1) is 0 Å². The predicted octanol–water partition coefficient (Wildman–Crippen LogP) is 4.82. The van der Waals surface area contributed by atoms with Crippen molar-refractivity contribution >= 4 is 22.6 Å². The highest BCUT2D eigenvalue weighted by Gasteiger charge is 2.19. The van der Waals surface area contributed by atoms with Gasteiger partial charge >= 0.3 is 0 Å². The molecule has 1 N–H and O–H groups in total. The zero-order valence-electron chi connectivity index (χ0n) is 20.6. The van der Waals surface area contributed by atoms with Gasteiger partial charge in [-0.2, -0.15) is 5.10 Å². The third-order valence-corrected chi connectivity index (χ3v) is 5.90. The van der Waals surface area contributed by atoms with E-state index in [0.29, 0.717) is 46.4 Å². The van der Waals surface area contributed by atoms with Gasteiger partial charge < -0.3 is 19.5 Å². The van der Waals surface area contributed by atoms with E-state index in [1.807, 2.05) is 42.6 Å². The van der Waals surface area contributed by atoms with Crippen LogP contribution in [0.1, 0.15) is 15.9 Å². The zero-order valence-corrected chi connectivity index (χ0v) is 20.6. The molecule has 0 saturated heterocycles. The van der Waals surface area contributed by atoms with Crippen molar-refractivity contribution in [3.63, 3.8) is 0 Å². The van der Waals surface area contributed by atoms with Gasteiger partial charge in [-0.25, -0.2) is 4.98 Å². The van der Waals surface area contributed by atoms with Crippen LogP contribution >= 0.6 is 0 Å². The Labute approximate surface area is 213 Å². The number of hydrogen-bond acceptors (Lipinski definition) is 7. The fourth-order valence-electron chi connectivity index (χ4n) is 4.12. The number of carbonyl (C=O) groups excluding carboxylic acids is 1. The molecule has 5 rings (SSSR count). The van der Waals surface area contributed by atoms with Crippen LogP contribution in [0.2, 0.25) is 0 Å². The Morgan fingerprint density at radius 1 is 0.919 bits per heavy atom. The van der Waals surface area contributed by atoms with Gasteiger partial charge in [-0.05, 0) is 42.0 Å². The first-order valence-electron chi connectivity index (χ1n) is 11.5. The second kappa shape index (κ2) is 10.4. The molecule has 186 valence electrons. The minimum Gasteiger partial charge on any atom is -0.493 e. The molecule has 0 atom stereocenters. The Hall–Kier alpha value is -4.92. The van der Waals surface area contributed by atoms with E-state index >= 15 is 0 Å². The van der Waals surface area contributed by atoms with E-state index < -0.39 is 0 Å². The minimum atomic E-state index is -0.290. The van der Waals surface area contributed by atoms with Gasteiger partial charge in [0.25, 0.3) is 5.91 Å². The van der Waals surface area contributed by atoms with Crippen LogP contribution in [0.4, 0.5) is 5.82 Å². The summed E-state index contributed by atoms with van der Waals surface area (Å²) in [6.45, 7) is 0.571. The second-order valence-electron chi connectivity index (χ2n) is 8.19. The average molecular weight is 496 g/mol. The third kappa shape index (κ3) is 4.92. The van der Waals surface area contributed by atoms with Crippen LogP contribution in [-0.4, -0.2) is 47.0 Å². The number of fused-ring (bicyclic) bond motifs is 1. The van der Waals surface area contributed by atoms with Crippen LogP contribution in [0.15, 0.2) is 79.3 Å². The first-order valence-corrected chi connectivity index (χ1v) is 11.5. The lowest BCUT2D eigenvalue weighted by Gasteiger charge is -2.15. The number of ether oxygens (including phenoxy) is 3. The minimum absolute atomic E-state index is 0.290. The highest BCUT2D eigenvalue weighted by molar-refractivity contribution is 6.12. The van der Waals surface area contributed by atoms with Crippen molar-refractivity contribution in [2.45, 2.75) is 6.54 Å². The van der Waals surface area contributed by atoms with E-state index in [-0.39, 0.29) is 5.91 Å². The van der Waals surface area contributed by atoms with E-state index in [1.54, 1.807) is 62.7 Å². The summed E-state index contributed by atoms with van der Waals surface area (Å²) in [7, 11) is 4.66. The number of methoxy groups -OCH3 is 3. The molecule has 0 aliphatic carbocycles. The lowest BCUT2D eigenvalue weighted by atomic mass is 10.0. The maximum atomic E-state index is 13.5. The van der Waals surface area contributed by atoms with Crippen LogP contribution < -0.4 is 19.5 Å².